The van der Waals surface area contributed by atoms with Crippen LogP contribution in [0.1, 0.15) is 18.9 Å². The van der Waals surface area contributed by atoms with Gasteiger partial charge in [-0.05, 0) is 37.1 Å². The second-order valence-corrected chi connectivity index (χ2v) is 4.64. The summed E-state index contributed by atoms with van der Waals surface area (Å²) in [5.41, 5.74) is 2.86. The lowest BCUT2D eigenvalue weighted by molar-refractivity contribution is -0.139. The van der Waals surface area contributed by atoms with Gasteiger partial charge in [0, 0.05) is 20.3 Å². The van der Waals surface area contributed by atoms with E-state index in [1.165, 1.54) is 13.3 Å². The van der Waals surface area contributed by atoms with Gasteiger partial charge in [0.25, 0.3) is 0 Å². The molecule has 0 saturated heterocycles. The standard InChI is InChI=1S/C16H23N3O5/c1-4-24-13-7-6-12(10-14(13)23-3)11-18-19-16(21)15(20)17-8-5-9-22-2/h6-7,10-11H,4-5,8-9H2,1-3H3,(H,17,20)(H,19,21)/b18-11-. The topological polar surface area (TPSA) is 98.2 Å². The van der Waals surface area contributed by atoms with Crippen LogP contribution in [0.25, 0.3) is 0 Å². The Hall–Kier alpha value is -2.61. The van der Waals surface area contributed by atoms with E-state index in [9.17, 15) is 9.59 Å². The second kappa shape index (κ2) is 11.0. The first-order chi connectivity index (χ1) is 11.6. The molecule has 8 heteroatoms. The van der Waals surface area contributed by atoms with Crippen LogP contribution in [0.3, 0.4) is 0 Å². The lowest BCUT2D eigenvalue weighted by Gasteiger charge is -2.09. The van der Waals surface area contributed by atoms with E-state index in [1.807, 2.05) is 6.92 Å². The summed E-state index contributed by atoms with van der Waals surface area (Å²) in [6, 6.07) is 5.22. The zero-order chi connectivity index (χ0) is 17.8. The zero-order valence-corrected chi connectivity index (χ0v) is 14.1. The number of hydrogen-bond donors (Lipinski definition) is 2. The maximum Gasteiger partial charge on any atom is 0.329 e. The van der Waals surface area contributed by atoms with E-state index in [0.29, 0.717) is 43.2 Å². The molecule has 2 amide bonds. The van der Waals surface area contributed by atoms with E-state index in [4.69, 9.17) is 14.2 Å². The lowest BCUT2D eigenvalue weighted by atomic mass is 10.2. The third-order valence-corrected chi connectivity index (χ3v) is 2.88. The van der Waals surface area contributed by atoms with Gasteiger partial charge in [0.1, 0.15) is 0 Å². The minimum Gasteiger partial charge on any atom is -0.493 e. The van der Waals surface area contributed by atoms with Crippen molar-refractivity contribution < 1.29 is 23.8 Å². The molecular formula is C16H23N3O5. The highest BCUT2D eigenvalue weighted by molar-refractivity contribution is 6.35. The van der Waals surface area contributed by atoms with Gasteiger partial charge in [-0.25, -0.2) is 5.43 Å². The zero-order valence-electron chi connectivity index (χ0n) is 14.1. The molecule has 0 aliphatic carbocycles. The van der Waals surface area contributed by atoms with E-state index in [-0.39, 0.29) is 0 Å². The molecular weight excluding hydrogens is 314 g/mol. The first-order valence-electron chi connectivity index (χ1n) is 7.53. The van der Waals surface area contributed by atoms with Crippen LogP contribution in [-0.2, 0) is 14.3 Å². The van der Waals surface area contributed by atoms with Crippen LogP contribution in [0.4, 0.5) is 0 Å². The highest BCUT2D eigenvalue weighted by atomic mass is 16.5. The fraction of sp³-hybridized carbons (Fsp3) is 0.438. The Bertz CT molecular complexity index is 575. The first-order valence-corrected chi connectivity index (χ1v) is 7.53. The number of hydrazone groups is 1. The number of carbonyl (C=O) groups is 2. The number of nitrogens with one attached hydrogen (secondary N) is 2. The van der Waals surface area contributed by atoms with Crippen molar-refractivity contribution in [2.75, 3.05) is 34.0 Å². The molecule has 0 aliphatic heterocycles. The number of rotatable bonds is 9. The number of ether oxygens (including phenoxy) is 3. The van der Waals surface area contributed by atoms with Crippen molar-refractivity contribution in [3.05, 3.63) is 23.8 Å². The van der Waals surface area contributed by atoms with Crippen LogP contribution in [0.15, 0.2) is 23.3 Å². The molecule has 0 radical (unpaired) electrons. The van der Waals surface area contributed by atoms with Crippen LogP contribution < -0.4 is 20.2 Å². The monoisotopic (exact) mass is 337 g/mol. The van der Waals surface area contributed by atoms with Crippen molar-refractivity contribution in [2.45, 2.75) is 13.3 Å². The predicted octanol–water partition coefficient (Wildman–Crippen LogP) is 0.697. The van der Waals surface area contributed by atoms with Gasteiger partial charge in [-0.3, -0.25) is 9.59 Å². The van der Waals surface area contributed by atoms with Crippen LogP contribution >= 0.6 is 0 Å². The Morgan fingerprint density at radius 1 is 1.21 bits per heavy atom. The van der Waals surface area contributed by atoms with Crippen LogP contribution in [0.2, 0.25) is 0 Å². The van der Waals surface area contributed by atoms with E-state index < -0.39 is 11.8 Å². The summed E-state index contributed by atoms with van der Waals surface area (Å²) in [6.07, 6.45) is 2.04. The average molecular weight is 337 g/mol. The van der Waals surface area contributed by atoms with E-state index in [2.05, 4.69) is 15.8 Å². The van der Waals surface area contributed by atoms with Crippen molar-refractivity contribution in [1.82, 2.24) is 10.7 Å². The van der Waals surface area contributed by atoms with Crippen LogP contribution in [0.5, 0.6) is 11.5 Å². The van der Waals surface area contributed by atoms with E-state index in [1.54, 1.807) is 25.3 Å². The lowest BCUT2D eigenvalue weighted by Crippen LogP contribution is -2.38. The maximum atomic E-state index is 11.5. The second-order valence-electron chi connectivity index (χ2n) is 4.64. The van der Waals surface area contributed by atoms with Gasteiger partial charge in [0.05, 0.1) is 19.9 Å². The molecule has 0 unspecified atom stereocenters. The Kier molecular flexibility index (Phi) is 8.91. The summed E-state index contributed by atoms with van der Waals surface area (Å²) in [5, 5.41) is 6.22. The summed E-state index contributed by atoms with van der Waals surface area (Å²) >= 11 is 0. The largest absolute Gasteiger partial charge is 0.493 e. The number of hydrogen-bond acceptors (Lipinski definition) is 6. The summed E-state index contributed by atoms with van der Waals surface area (Å²) in [6.45, 7) is 3.28. The summed E-state index contributed by atoms with van der Waals surface area (Å²) in [4.78, 5) is 23.0. The first kappa shape index (κ1) is 19.4. The fourth-order valence-electron chi connectivity index (χ4n) is 1.75. The maximum absolute atomic E-state index is 11.5. The Morgan fingerprint density at radius 2 is 2.00 bits per heavy atom. The van der Waals surface area contributed by atoms with Gasteiger partial charge < -0.3 is 19.5 Å². The highest BCUT2D eigenvalue weighted by Crippen LogP contribution is 2.27. The molecule has 0 fully saturated rings. The van der Waals surface area contributed by atoms with Crippen LogP contribution in [0, 0.1) is 0 Å². The van der Waals surface area contributed by atoms with Crippen molar-refractivity contribution in [3.63, 3.8) is 0 Å². The van der Waals surface area contributed by atoms with Gasteiger partial charge in [-0.15, -0.1) is 0 Å². The Balaban J connectivity index is 2.51. The number of methoxy groups -OCH3 is 2. The van der Waals surface area contributed by atoms with Gasteiger partial charge in [-0.1, -0.05) is 0 Å². The molecule has 1 rings (SSSR count). The van der Waals surface area contributed by atoms with Gasteiger partial charge in [0.15, 0.2) is 11.5 Å². The highest BCUT2D eigenvalue weighted by Gasteiger charge is 2.11. The number of amides is 2. The molecule has 0 atom stereocenters. The smallest absolute Gasteiger partial charge is 0.329 e. The van der Waals surface area contributed by atoms with Crippen molar-refractivity contribution >= 4 is 18.0 Å². The average Bonchev–Trinajstić information content (AvgIpc) is 2.59. The number of benzene rings is 1. The molecule has 0 saturated carbocycles. The normalized spacial score (nSPS) is 10.5. The number of nitrogens with zero attached hydrogens (tertiary/aromatic N) is 1. The molecule has 0 aliphatic rings. The van der Waals surface area contributed by atoms with Crippen molar-refractivity contribution in [3.8, 4) is 11.5 Å². The quantitative estimate of drug-likeness (QED) is 0.299. The molecule has 1 aromatic rings. The van der Waals surface area contributed by atoms with Crippen molar-refractivity contribution in [1.29, 1.82) is 0 Å². The summed E-state index contributed by atoms with van der Waals surface area (Å²) in [5.74, 6) is -0.395. The minimum absolute atomic E-state index is 0.361. The van der Waals surface area contributed by atoms with Gasteiger partial charge in [-0.2, -0.15) is 5.10 Å². The molecule has 24 heavy (non-hydrogen) atoms. The summed E-state index contributed by atoms with van der Waals surface area (Å²) in [7, 11) is 3.10. The fourth-order valence-corrected chi connectivity index (χ4v) is 1.75. The molecule has 0 spiro atoms. The van der Waals surface area contributed by atoms with Crippen molar-refractivity contribution in [2.24, 2.45) is 5.10 Å². The third kappa shape index (κ3) is 6.66. The molecule has 0 aromatic heterocycles. The molecule has 0 bridgehead atoms. The Morgan fingerprint density at radius 3 is 2.67 bits per heavy atom. The molecule has 2 N–H and O–H groups in total. The predicted molar refractivity (Wildman–Crippen MR) is 89.4 cm³/mol. The van der Waals surface area contributed by atoms with Gasteiger partial charge in [0.2, 0.25) is 0 Å². The van der Waals surface area contributed by atoms with E-state index in [0.717, 1.165) is 0 Å². The van der Waals surface area contributed by atoms with Gasteiger partial charge >= 0.3 is 11.8 Å². The third-order valence-electron chi connectivity index (χ3n) is 2.88. The Labute approximate surface area is 141 Å². The van der Waals surface area contributed by atoms with E-state index >= 15 is 0 Å². The molecule has 8 nitrogen and oxygen atoms in total. The summed E-state index contributed by atoms with van der Waals surface area (Å²) < 4.78 is 15.5. The van der Waals surface area contributed by atoms with Crippen LogP contribution in [-0.4, -0.2) is 52.0 Å². The SMILES string of the molecule is CCOc1ccc(/C=N\NC(=O)C(=O)NCCCOC)cc1OC. The molecule has 1 aromatic carbocycles. The molecule has 132 valence electrons. The molecule has 0 heterocycles. The number of carbonyl (C=O) groups excluding carboxylic acids is 2. The minimum atomic E-state index is -0.832.